The van der Waals surface area contributed by atoms with E-state index in [2.05, 4.69) is 4.90 Å². The average molecular weight is 413 g/mol. The Morgan fingerprint density at radius 1 is 1.18 bits per heavy atom. The number of likely N-dealkylation sites (tertiary alicyclic amines) is 2. The first-order valence-electron chi connectivity index (χ1n) is 9.69. The Labute approximate surface area is 168 Å². The van der Waals surface area contributed by atoms with Crippen molar-refractivity contribution in [2.45, 2.75) is 37.8 Å². The maximum Gasteiger partial charge on any atom is 0.290 e. The summed E-state index contributed by atoms with van der Waals surface area (Å²) in [5.41, 5.74) is 0.0830. The second-order valence-electron chi connectivity index (χ2n) is 7.81. The van der Waals surface area contributed by atoms with Crippen LogP contribution in [0, 0.1) is 17.7 Å². The molecular formula is C20H26ClFN2O4. The second kappa shape index (κ2) is 9.20. The normalized spacial score (nSPS) is 29.8. The maximum atomic E-state index is 14.1. The minimum Gasteiger partial charge on any atom is -0.483 e. The van der Waals surface area contributed by atoms with Crippen molar-refractivity contribution in [1.82, 2.24) is 9.80 Å². The summed E-state index contributed by atoms with van der Waals surface area (Å²) in [6.07, 6.45) is 3.76. The van der Waals surface area contributed by atoms with E-state index in [1.54, 1.807) is 11.0 Å². The lowest BCUT2D eigenvalue weighted by Gasteiger charge is -2.40. The summed E-state index contributed by atoms with van der Waals surface area (Å²) in [4.78, 5) is 25.2. The zero-order valence-corrected chi connectivity index (χ0v) is 16.4. The van der Waals surface area contributed by atoms with Crippen molar-refractivity contribution in [3.05, 3.63) is 34.6 Å². The summed E-state index contributed by atoms with van der Waals surface area (Å²) in [6, 6.07) is 4.41. The van der Waals surface area contributed by atoms with Gasteiger partial charge in [0.2, 0.25) is 0 Å². The van der Waals surface area contributed by atoms with E-state index in [9.17, 15) is 14.3 Å². The van der Waals surface area contributed by atoms with Crippen molar-refractivity contribution < 1.29 is 24.2 Å². The van der Waals surface area contributed by atoms with Crippen molar-refractivity contribution in [3.8, 4) is 0 Å². The van der Waals surface area contributed by atoms with E-state index in [1.165, 1.54) is 25.0 Å². The molecule has 4 rings (SSSR count). The molecule has 2 aliphatic heterocycles. The van der Waals surface area contributed by atoms with Crippen LogP contribution in [-0.4, -0.2) is 70.7 Å². The molecule has 0 unspecified atom stereocenters. The quantitative estimate of drug-likeness (QED) is 0.729. The predicted octanol–water partition coefficient (Wildman–Crippen LogP) is 2.49. The van der Waals surface area contributed by atoms with Gasteiger partial charge in [0.15, 0.2) is 0 Å². The number of carbonyl (C=O) groups is 2. The third kappa shape index (κ3) is 4.47. The summed E-state index contributed by atoms with van der Waals surface area (Å²) >= 11 is 5.78. The zero-order chi connectivity index (χ0) is 20.3. The van der Waals surface area contributed by atoms with Crippen LogP contribution in [0.5, 0.6) is 0 Å². The van der Waals surface area contributed by atoms with Gasteiger partial charge in [0.05, 0.1) is 11.7 Å². The Kier molecular flexibility index (Phi) is 6.91. The summed E-state index contributed by atoms with van der Waals surface area (Å²) in [5.74, 6) is -0.125. The van der Waals surface area contributed by atoms with E-state index >= 15 is 0 Å². The highest BCUT2D eigenvalue weighted by molar-refractivity contribution is 6.30. The molecule has 0 spiro atoms. The topological polar surface area (TPSA) is 81.1 Å². The van der Waals surface area contributed by atoms with E-state index in [0.717, 1.165) is 25.9 Å². The van der Waals surface area contributed by atoms with Gasteiger partial charge in [-0.15, -0.1) is 0 Å². The molecule has 4 atom stereocenters. The van der Waals surface area contributed by atoms with Crippen LogP contribution in [-0.2, 0) is 4.79 Å². The Morgan fingerprint density at radius 3 is 2.39 bits per heavy atom. The fourth-order valence-corrected chi connectivity index (χ4v) is 5.03. The zero-order valence-electron chi connectivity index (χ0n) is 15.6. The van der Waals surface area contributed by atoms with Crippen LogP contribution in [0.4, 0.5) is 4.39 Å². The Morgan fingerprint density at radius 2 is 1.79 bits per heavy atom. The molecule has 1 aliphatic carbocycles. The van der Waals surface area contributed by atoms with Gasteiger partial charge in [-0.3, -0.25) is 14.5 Å². The molecule has 3 fully saturated rings. The van der Waals surface area contributed by atoms with E-state index in [1.807, 2.05) is 0 Å². The number of nitrogens with zero attached hydrogens (tertiary/aromatic N) is 2. The van der Waals surface area contributed by atoms with Gasteiger partial charge in [0.1, 0.15) is 5.82 Å². The van der Waals surface area contributed by atoms with Gasteiger partial charge in [-0.05, 0) is 68.8 Å². The summed E-state index contributed by atoms with van der Waals surface area (Å²) in [7, 11) is 0. The maximum absolute atomic E-state index is 14.1. The summed E-state index contributed by atoms with van der Waals surface area (Å²) < 4.78 is 14.1. The molecular weight excluding hydrogens is 387 g/mol. The Bertz CT molecular complexity index is 713. The molecule has 0 radical (unpaired) electrons. The van der Waals surface area contributed by atoms with Crippen molar-refractivity contribution in [3.63, 3.8) is 0 Å². The van der Waals surface area contributed by atoms with Gasteiger partial charge in [-0.1, -0.05) is 11.6 Å². The Hall–Kier alpha value is -1.70. The van der Waals surface area contributed by atoms with Gasteiger partial charge in [0, 0.05) is 24.2 Å². The number of carbonyl (C=O) groups excluding carboxylic acids is 1. The fourth-order valence-electron chi connectivity index (χ4n) is 4.87. The molecule has 28 heavy (non-hydrogen) atoms. The van der Waals surface area contributed by atoms with E-state index < -0.39 is 5.82 Å². The second-order valence-corrected chi connectivity index (χ2v) is 8.25. The number of carboxylic acid groups (broad SMARTS) is 1. The number of hydrogen-bond donors (Lipinski definition) is 2. The number of aliphatic hydroxyl groups excluding tert-OH is 1. The van der Waals surface area contributed by atoms with Crippen LogP contribution in [0.2, 0.25) is 5.02 Å². The SMILES string of the molecule is O=C(c1ccc(Cl)cc1F)N1C[C@H]2C[C@@H](N3CCCC3)[C@H](O)C[C@H]2C1.O=CO. The van der Waals surface area contributed by atoms with E-state index in [0.29, 0.717) is 29.9 Å². The molecule has 1 amide bonds. The molecule has 6 nitrogen and oxygen atoms in total. The molecule has 1 saturated carbocycles. The predicted molar refractivity (Wildman–Crippen MR) is 103 cm³/mol. The molecule has 0 aromatic heterocycles. The van der Waals surface area contributed by atoms with Crippen LogP contribution < -0.4 is 0 Å². The lowest BCUT2D eigenvalue weighted by molar-refractivity contribution is -0.122. The number of benzene rings is 1. The van der Waals surface area contributed by atoms with Crippen LogP contribution in [0.1, 0.15) is 36.0 Å². The van der Waals surface area contributed by atoms with Crippen molar-refractivity contribution in [2.75, 3.05) is 26.2 Å². The van der Waals surface area contributed by atoms with Gasteiger partial charge < -0.3 is 15.1 Å². The smallest absolute Gasteiger partial charge is 0.290 e. The molecule has 2 N–H and O–H groups in total. The summed E-state index contributed by atoms with van der Waals surface area (Å²) in [6.45, 7) is 3.15. The van der Waals surface area contributed by atoms with E-state index in [4.69, 9.17) is 21.5 Å². The van der Waals surface area contributed by atoms with Crippen LogP contribution in [0.3, 0.4) is 0 Å². The number of rotatable bonds is 2. The van der Waals surface area contributed by atoms with Gasteiger partial charge in [0.25, 0.3) is 12.4 Å². The Balaban J connectivity index is 0.000000706. The van der Waals surface area contributed by atoms with Gasteiger partial charge >= 0.3 is 0 Å². The first-order valence-corrected chi connectivity index (χ1v) is 10.1. The van der Waals surface area contributed by atoms with E-state index in [-0.39, 0.29) is 30.1 Å². The molecule has 1 aromatic rings. The van der Waals surface area contributed by atoms with Crippen LogP contribution in [0.15, 0.2) is 18.2 Å². The monoisotopic (exact) mass is 412 g/mol. The first-order chi connectivity index (χ1) is 13.4. The third-order valence-electron chi connectivity index (χ3n) is 6.17. The lowest BCUT2D eigenvalue weighted by atomic mass is 9.77. The fraction of sp³-hybridized carbons (Fsp3) is 0.600. The number of amides is 1. The lowest BCUT2D eigenvalue weighted by Crippen LogP contribution is -2.48. The molecule has 8 heteroatoms. The molecule has 1 aromatic carbocycles. The van der Waals surface area contributed by atoms with Gasteiger partial charge in [-0.25, -0.2) is 4.39 Å². The number of fused-ring (bicyclic) bond motifs is 1. The van der Waals surface area contributed by atoms with Crippen molar-refractivity contribution >= 4 is 24.0 Å². The molecule has 0 bridgehead atoms. The average Bonchev–Trinajstić information content (AvgIpc) is 3.30. The largest absolute Gasteiger partial charge is 0.483 e. The highest BCUT2D eigenvalue weighted by Crippen LogP contribution is 2.39. The molecule has 2 heterocycles. The first kappa shape index (κ1) is 21.0. The minimum absolute atomic E-state index is 0.0830. The summed E-state index contributed by atoms with van der Waals surface area (Å²) in [5, 5.41) is 17.8. The standard InChI is InChI=1S/C19H24ClFN2O2.CH2O2/c20-14-3-4-15(16(21)9-14)19(25)23-10-12-7-17(22-5-1-2-6-22)18(24)8-13(12)11-23;2-1-3/h3-4,9,12-13,17-18,24H,1-2,5-8,10-11H2;1H,(H,2,3)/t12-,13+,17-,18-;/m1./s1. The molecule has 2 saturated heterocycles. The van der Waals surface area contributed by atoms with Crippen molar-refractivity contribution in [1.29, 1.82) is 0 Å². The number of halogens is 2. The van der Waals surface area contributed by atoms with Crippen LogP contribution >= 0.6 is 11.6 Å². The third-order valence-corrected chi connectivity index (χ3v) is 6.40. The van der Waals surface area contributed by atoms with Gasteiger partial charge in [-0.2, -0.15) is 0 Å². The highest BCUT2D eigenvalue weighted by Gasteiger charge is 2.45. The van der Waals surface area contributed by atoms with Crippen LogP contribution in [0.25, 0.3) is 0 Å². The highest BCUT2D eigenvalue weighted by atomic mass is 35.5. The van der Waals surface area contributed by atoms with Crippen molar-refractivity contribution in [2.24, 2.45) is 11.8 Å². The molecule has 3 aliphatic rings. The number of aliphatic hydroxyl groups is 1. The number of hydrogen-bond acceptors (Lipinski definition) is 4. The minimum atomic E-state index is -0.567. The molecule has 154 valence electrons.